The fraction of sp³-hybridized carbons (Fsp3) is 0.154. The Morgan fingerprint density at radius 3 is 2.71 bits per heavy atom. The fourth-order valence-corrected chi connectivity index (χ4v) is 1.54. The van der Waals surface area contributed by atoms with Crippen LogP contribution >= 0.6 is 0 Å². The van der Waals surface area contributed by atoms with Gasteiger partial charge < -0.3 is 10.5 Å². The van der Waals surface area contributed by atoms with Gasteiger partial charge in [0.25, 0.3) is 0 Å². The molecule has 0 saturated heterocycles. The molecule has 0 spiro atoms. The normalized spacial score (nSPS) is 10.2. The molecule has 2 rings (SSSR count). The Hall–Kier alpha value is -2.10. The van der Waals surface area contributed by atoms with E-state index in [0.717, 1.165) is 11.1 Å². The first-order valence-corrected chi connectivity index (χ1v) is 5.35. The van der Waals surface area contributed by atoms with Crippen LogP contribution in [0.2, 0.25) is 0 Å². The predicted octanol–water partition coefficient (Wildman–Crippen LogP) is 2.87. The molecule has 0 aliphatic rings. The molecule has 0 aliphatic carbocycles. The van der Waals surface area contributed by atoms with Gasteiger partial charge in [0.2, 0.25) is 5.88 Å². The quantitative estimate of drug-likeness (QED) is 0.828. The van der Waals surface area contributed by atoms with Crippen LogP contribution in [0.4, 0.5) is 10.1 Å². The Morgan fingerprint density at radius 2 is 2.00 bits per heavy atom. The number of pyridine rings is 1. The maximum Gasteiger partial charge on any atom is 0.213 e. The monoisotopic (exact) mass is 232 g/mol. The minimum atomic E-state index is -0.409. The van der Waals surface area contributed by atoms with E-state index >= 15 is 0 Å². The smallest absolute Gasteiger partial charge is 0.213 e. The van der Waals surface area contributed by atoms with E-state index in [1.165, 1.54) is 6.07 Å². The number of nitrogens with zero attached hydrogens (tertiary/aromatic N) is 1. The molecule has 3 nitrogen and oxygen atoms in total. The number of halogens is 1. The summed E-state index contributed by atoms with van der Waals surface area (Å²) >= 11 is 0. The van der Waals surface area contributed by atoms with Crippen LogP contribution in [0.1, 0.15) is 6.92 Å². The lowest BCUT2D eigenvalue weighted by Crippen LogP contribution is -1.95. The molecule has 0 amide bonds. The van der Waals surface area contributed by atoms with E-state index in [0.29, 0.717) is 12.5 Å². The van der Waals surface area contributed by atoms with E-state index in [9.17, 15) is 4.39 Å². The zero-order valence-corrected chi connectivity index (χ0v) is 9.48. The Kier molecular flexibility index (Phi) is 3.23. The third-order valence-electron chi connectivity index (χ3n) is 2.36. The molecule has 0 atom stereocenters. The van der Waals surface area contributed by atoms with Crippen molar-refractivity contribution in [2.24, 2.45) is 0 Å². The van der Waals surface area contributed by atoms with Crippen LogP contribution in [-0.4, -0.2) is 11.6 Å². The third kappa shape index (κ3) is 2.53. The lowest BCUT2D eigenvalue weighted by molar-refractivity contribution is 0.327. The largest absolute Gasteiger partial charge is 0.478 e. The Morgan fingerprint density at radius 1 is 1.24 bits per heavy atom. The molecule has 1 aromatic heterocycles. The van der Waals surface area contributed by atoms with Crippen molar-refractivity contribution in [2.45, 2.75) is 6.92 Å². The van der Waals surface area contributed by atoms with Crippen molar-refractivity contribution in [3.8, 4) is 17.0 Å². The van der Waals surface area contributed by atoms with Gasteiger partial charge in [-0.05, 0) is 36.2 Å². The highest BCUT2D eigenvalue weighted by Crippen LogP contribution is 2.25. The highest BCUT2D eigenvalue weighted by molar-refractivity contribution is 5.68. The van der Waals surface area contributed by atoms with Gasteiger partial charge in [0.05, 0.1) is 12.3 Å². The van der Waals surface area contributed by atoms with Gasteiger partial charge in [-0.15, -0.1) is 0 Å². The Labute approximate surface area is 99.1 Å². The third-order valence-corrected chi connectivity index (χ3v) is 2.36. The van der Waals surface area contributed by atoms with Crippen LogP contribution in [0.25, 0.3) is 11.1 Å². The van der Waals surface area contributed by atoms with Gasteiger partial charge in [-0.25, -0.2) is 9.37 Å². The molecule has 1 aromatic carbocycles. The summed E-state index contributed by atoms with van der Waals surface area (Å²) in [5, 5.41) is 0. The van der Waals surface area contributed by atoms with Crippen molar-refractivity contribution in [1.82, 2.24) is 4.98 Å². The van der Waals surface area contributed by atoms with Crippen LogP contribution < -0.4 is 10.5 Å². The first-order valence-electron chi connectivity index (χ1n) is 5.35. The number of nitrogens with two attached hydrogens (primary N) is 1. The topological polar surface area (TPSA) is 48.1 Å². The number of hydrogen-bond acceptors (Lipinski definition) is 3. The molecule has 88 valence electrons. The van der Waals surface area contributed by atoms with E-state index in [-0.39, 0.29) is 5.69 Å². The van der Waals surface area contributed by atoms with Crippen molar-refractivity contribution in [3.63, 3.8) is 0 Å². The number of rotatable bonds is 3. The number of benzene rings is 1. The molecule has 0 aliphatic heterocycles. The molecular formula is C13H13FN2O. The molecule has 0 unspecified atom stereocenters. The minimum Gasteiger partial charge on any atom is -0.478 e. The molecule has 0 bridgehead atoms. The molecule has 0 fully saturated rings. The van der Waals surface area contributed by atoms with Crippen molar-refractivity contribution >= 4 is 5.69 Å². The van der Waals surface area contributed by atoms with E-state index in [4.69, 9.17) is 10.5 Å². The summed E-state index contributed by atoms with van der Waals surface area (Å²) in [4.78, 5) is 4.07. The molecule has 17 heavy (non-hydrogen) atoms. The van der Waals surface area contributed by atoms with E-state index < -0.39 is 5.82 Å². The van der Waals surface area contributed by atoms with Crippen LogP contribution in [0.5, 0.6) is 5.88 Å². The molecule has 2 aromatic rings. The van der Waals surface area contributed by atoms with Gasteiger partial charge in [0, 0.05) is 12.3 Å². The highest BCUT2D eigenvalue weighted by Gasteiger charge is 2.04. The Bertz CT molecular complexity index is 529. The summed E-state index contributed by atoms with van der Waals surface area (Å²) in [6.07, 6.45) is 1.65. The van der Waals surface area contributed by atoms with E-state index in [1.807, 2.05) is 13.0 Å². The lowest BCUT2D eigenvalue weighted by Gasteiger charge is -2.06. The minimum absolute atomic E-state index is 0.136. The average Bonchev–Trinajstić information content (AvgIpc) is 2.33. The standard InChI is InChI=1S/C13H13FN2O/c1-2-17-13-8-10(5-6-16-13)9-3-4-11(14)12(15)7-9/h3-8H,2,15H2,1H3. The summed E-state index contributed by atoms with van der Waals surface area (Å²) in [6.45, 7) is 2.45. The van der Waals surface area contributed by atoms with Crippen LogP contribution in [0.3, 0.4) is 0 Å². The van der Waals surface area contributed by atoms with Gasteiger partial charge >= 0.3 is 0 Å². The van der Waals surface area contributed by atoms with Gasteiger partial charge in [0.15, 0.2) is 0 Å². The van der Waals surface area contributed by atoms with Crippen LogP contribution in [0.15, 0.2) is 36.5 Å². The van der Waals surface area contributed by atoms with Gasteiger partial charge in [-0.3, -0.25) is 0 Å². The second-order valence-corrected chi connectivity index (χ2v) is 3.55. The number of nitrogen functional groups attached to an aromatic ring is 1. The predicted molar refractivity (Wildman–Crippen MR) is 65.2 cm³/mol. The summed E-state index contributed by atoms with van der Waals surface area (Å²) < 4.78 is 18.4. The van der Waals surface area contributed by atoms with Crippen molar-refractivity contribution in [2.75, 3.05) is 12.3 Å². The van der Waals surface area contributed by atoms with Crippen LogP contribution in [-0.2, 0) is 0 Å². The number of aromatic nitrogens is 1. The second-order valence-electron chi connectivity index (χ2n) is 3.55. The first-order chi connectivity index (χ1) is 8.20. The zero-order valence-electron chi connectivity index (χ0n) is 9.48. The SMILES string of the molecule is CCOc1cc(-c2ccc(F)c(N)c2)ccn1. The van der Waals surface area contributed by atoms with Crippen molar-refractivity contribution < 1.29 is 9.13 Å². The molecule has 2 N–H and O–H groups in total. The fourth-order valence-electron chi connectivity index (χ4n) is 1.54. The van der Waals surface area contributed by atoms with Crippen molar-refractivity contribution in [3.05, 3.63) is 42.3 Å². The number of hydrogen-bond donors (Lipinski definition) is 1. The maximum absolute atomic E-state index is 13.1. The average molecular weight is 232 g/mol. The molecule has 0 radical (unpaired) electrons. The highest BCUT2D eigenvalue weighted by atomic mass is 19.1. The second kappa shape index (κ2) is 4.82. The summed E-state index contributed by atoms with van der Waals surface area (Å²) in [7, 11) is 0. The van der Waals surface area contributed by atoms with E-state index in [2.05, 4.69) is 4.98 Å². The van der Waals surface area contributed by atoms with Crippen LogP contribution in [0, 0.1) is 5.82 Å². The zero-order chi connectivity index (χ0) is 12.3. The van der Waals surface area contributed by atoms with Gasteiger partial charge in [-0.1, -0.05) is 6.07 Å². The van der Waals surface area contributed by atoms with E-state index in [1.54, 1.807) is 24.4 Å². The summed E-state index contributed by atoms with van der Waals surface area (Å²) in [6, 6.07) is 8.26. The van der Waals surface area contributed by atoms with Crippen molar-refractivity contribution in [1.29, 1.82) is 0 Å². The summed E-state index contributed by atoms with van der Waals surface area (Å²) in [5.41, 5.74) is 7.41. The summed E-state index contributed by atoms with van der Waals surface area (Å²) in [5.74, 6) is 0.140. The molecule has 1 heterocycles. The van der Waals surface area contributed by atoms with Gasteiger partial charge in [0.1, 0.15) is 5.82 Å². The lowest BCUT2D eigenvalue weighted by atomic mass is 10.1. The number of ether oxygens (including phenoxy) is 1. The molecular weight excluding hydrogens is 219 g/mol. The first kappa shape index (κ1) is 11.4. The maximum atomic E-state index is 13.1. The molecule has 0 saturated carbocycles. The molecule has 4 heteroatoms. The number of anilines is 1. The van der Waals surface area contributed by atoms with Gasteiger partial charge in [-0.2, -0.15) is 0 Å². The Balaban J connectivity index is 2.38.